The van der Waals surface area contributed by atoms with Crippen molar-refractivity contribution in [2.45, 2.75) is 63.7 Å². The number of amides is 1. The van der Waals surface area contributed by atoms with E-state index in [9.17, 15) is 14.7 Å². The maximum atomic E-state index is 13.7. The van der Waals surface area contributed by atoms with Crippen LogP contribution in [0.15, 0.2) is 12.1 Å². The number of nitrogens with zero attached hydrogens (tertiary/aromatic N) is 3. The Kier molecular flexibility index (Phi) is 11.5. The highest BCUT2D eigenvalue weighted by Crippen LogP contribution is 2.47. The number of ether oxygens (including phenoxy) is 5. The molecule has 11 heteroatoms. The Hall–Kier alpha value is -2.60. The number of hydrogen-bond acceptors (Lipinski definition) is 9. The molecule has 4 rings (SSSR count). The van der Waals surface area contributed by atoms with Gasteiger partial charge in [0.05, 0.1) is 32.8 Å². The molecular weight excluding hydrogens is 530 g/mol. The number of unbranched alkanes of at least 4 members (excludes halogenated alkanes) is 2. The Morgan fingerprint density at radius 1 is 1.05 bits per heavy atom. The Balaban J connectivity index is 1.56. The van der Waals surface area contributed by atoms with Crippen LogP contribution in [0.3, 0.4) is 0 Å². The van der Waals surface area contributed by atoms with E-state index in [-0.39, 0.29) is 37.5 Å². The molecule has 0 radical (unpaired) electrons. The van der Waals surface area contributed by atoms with Gasteiger partial charge in [0.2, 0.25) is 18.4 Å². The zero-order chi connectivity index (χ0) is 29.4. The van der Waals surface area contributed by atoms with Crippen LogP contribution in [-0.4, -0.2) is 118 Å². The zero-order valence-electron chi connectivity index (χ0n) is 25.0. The van der Waals surface area contributed by atoms with Crippen LogP contribution in [0, 0.1) is 5.92 Å². The third-order valence-electron chi connectivity index (χ3n) is 8.29. The van der Waals surface area contributed by atoms with Gasteiger partial charge in [-0.25, -0.2) is 0 Å². The zero-order valence-corrected chi connectivity index (χ0v) is 25.0. The van der Waals surface area contributed by atoms with Gasteiger partial charge in [-0.05, 0) is 70.4 Å². The summed E-state index contributed by atoms with van der Waals surface area (Å²) in [5, 5.41) is 10.5. The highest BCUT2D eigenvalue weighted by atomic mass is 16.7. The molecule has 0 spiro atoms. The van der Waals surface area contributed by atoms with Crippen LogP contribution in [0.4, 0.5) is 0 Å². The van der Waals surface area contributed by atoms with E-state index in [2.05, 4.69) is 30.8 Å². The summed E-state index contributed by atoms with van der Waals surface area (Å²) in [6.07, 6.45) is 4.67. The number of hydrogen-bond donors (Lipinski definition) is 1. The van der Waals surface area contributed by atoms with E-state index in [1.165, 1.54) is 0 Å². The molecule has 3 heterocycles. The average Bonchev–Trinajstić information content (AvgIpc) is 3.70. The lowest BCUT2D eigenvalue weighted by molar-refractivity contribution is -0.144. The van der Waals surface area contributed by atoms with Gasteiger partial charge in [-0.1, -0.05) is 13.3 Å². The van der Waals surface area contributed by atoms with Gasteiger partial charge < -0.3 is 38.6 Å². The van der Waals surface area contributed by atoms with Crippen LogP contribution < -0.4 is 14.2 Å². The van der Waals surface area contributed by atoms with Crippen molar-refractivity contribution in [3.8, 4) is 17.2 Å². The monoisotopic (exact) mass is 577 g/mol. The number of benzene rings is 1. The molecule has 0 aliphatic carbocycles. The van der Waals surface area contributed by atoms with Crippen molar-refractivity contribution in [2.75, 3.05) is 73.9 Å². The molecule has 2 fully saturated rings. The number of rotatable bonds is 16. The van der Waals surface area contributed by atoms with Crippen molar-refractivity contribution in [3.05, 3.63) is 17.7 Å². The molecule has 2 saturated heterocycles. The van der Waals surface area contributed by atoms with Crippen molar-refractivity contribution in [2.24, 2.45) is 5.92 Å². The summed E-state index contributed by atoms with van der Waals surface area (Å²) in [4.78, 5) is 32.8. The Labute approximate surface area is 243 Å². The van der Waals surface area contributed by atoms with E-state index in [4.69, 9.17) is 23.7 Å². The maximum absolute atomic E-state index is 13.7. The van der Waals surface area contributed by atoms with Crippen molar-refractivity contribution in [1.82, 2.24) is 14.7 Å². The Morgan fingerprint density at radius 3 is 2.46 bits per heavy atom. The number of methoxy groups -OCH3 is 1. The first-order valence-electron chi connectivity index (χ1n) is 14.9. The molecular formula is C30H47N3O8. The summed E-state index contributed by atoms with van der Waals surface area (Å²) < 4.78 is 28.1. The molecule has 0 bridgehead atoms. The molecule has 3 unspecified atom stereocenters. The van der Waals surface area contributed by atoms with Gasteiger partial charge in [-0.15, -0.1) is 0 Å². The summed E-state index contributed by atoms with van der Waals surface area (Å²) in [7, 11) is 5.67. The van der Waals surface area contributed by atoms with Crippen molar-refractivity contribution < 1.29 is 38.4 Å². The van der Waals surface area contributed by atoms with Gasteiger partial charge in [-0.3, -0.25) is 14.5 Å². The summed E-state index contributed by atoms with van der Waals surface area (Å²) >= 11 is 0. The van der Waals surface area contributed by atoms with E-state index in [0.29, 0.717) is 62.9 Å². The lowest BCUT2D eigenvalue weighted by atomic mass is 9.83. The minimum atomic E-state index is -0.883. The van der Waals surface area contributed by atoms with Crippen LogP contribution in [0.2, 0.25) is 0 Å². The van der Waals surface area contributed by atoms with E-state index in [1.807, 2.05) is 17.0 Å². The van der Waals surface area contributed by atoms with Crippen LogP contribution in [0.1, 0.15) is 56.9 Å². The summed E-state index contributed by atoms with van der Waals surface area (Å²) in [5.41, 5.74) is 0.804. The van der Waals surface area contributed by atoms with Gasteiger partial charge in [0.25, 0.3) is 0 Å². The summed E-state index contributed by atoms with van der Waals surface area (Å²) in [5.74, 6) is -0.323. The highest BCUT2D eigenvalue weighted by molar-refractivity contribution is 5.79. The van der Waals surface area contributed by atoms with Gasteiger partial charge in [0, 0.05) is 31.6 Å². The standard InChI is InChI=1S/C30H47N3O8/c1-5-6-12-32(13-8-7-11-31(2)3)26(34)19-33-18-22(21-16-24(37-4)29-25(17-21)40-20-41-29)28(30(35)36)23(33)9-10-27-38-14-15-39-27/h16-17,22-23,27-28H,5-15,18-20H2,1-4H3,(H,35,36). The maximum Gasteiger partial charge on any atom is 0.308 e. The molecule has 41 heavy (non-hydrogen) atoms. The molecule has 230 valence electrons. The highest BCUT2D eigenvalue weighted by Gasteiger charge is 2.48. The molecule has 3 aliphatic heterocycles. The summed E-state index contributed by atoms with van der Waals surface area (Å²) in [6.45, 7) is 6.32. The topological polar surface area (TPSA) is 110 Å². The van der Waals surface area contributed by atoms with Crippen molar-refractivity contribution in [3.63, 3.8) is 0 Å². The minimum absolute atomic E-state index is 0.0507. The van der Waals surface area contributed by atoms with Crippen LogP contribution >= 0.6 is 0 Å². The van der Waals surface area contributed by atoms with E-state index >= 15 is 0 Å². The van der Waals surface area contributed by atoms with Crippen molar-refractivity contribution >= 4 is 11.9 Å². The number of carboxylic acids is 1. The molecule has 11 nitrogen and oxygen atoms in total. The number of aliphatic carboxylic acids is 1. The van der Waals surface area contributed by atoms with Gasteiger partial charge in [-0.2, -0.15) is 0 Å². The number of likely N-dealkylation sites (tertiary alicyclic amines) is 1. The SMILES string of the molecule is CCCCN(CCCCN(C)C)C(=O)CN1CC(c2cc(OC)c3c(c2)OCO3)C(C(=O)O)C1CCC1OCCO1. The largest absolute Gasteiger partial charge is 0.493 e. The molecule has 3 aliphatic rings. The fourth-order valence-electron chi connectivity index (χ4n) is 6.15. The first-order valence-corrected chi connectivity index (χ1v) is 14.9. The van der Waals surface area contributed by atoms with Crippen LogP contribution in [-0.2, 0) is 19.1 Å². The Bertz CT molecular complexity index is 1020. The third-order valence-corrected chi connectivity index (χ3v) is 8.29. The van der Waals surface area contributed by atoms with Crippen molar-refractivity contribution in [1.29, 1.82) is 0 Å². The minimum Gasteiger partial charge on any atom is -0.493 e. The van der Waals surface area contributed by atoms with Crippen LogP contribution in [0.5, 0.6) is 17.2 Å². The molecule has 3 atom stereocenters. The van der Waals surface area contributed by atoms with E-state index in [1.54, 1.807) is 7.11 Å². The van der Waals surface area contributed by atoms with Gasteiger partial charge in [0.15, 0.2) is 17.8 Å². The molecule has 1 amide bonds. The van der Waals surface area contributed by atoms with E-state index < -0.39 is 11.9 Å². The quantitative estimate of drug-likeness (QED) is 0.295. The number of carbonyl (C=O) groups is 2. The second kappa shape index (κ2) is 15.0. The molecule has 1 aromatic rings. The lowest BCUT2D eigenvalue weighted by Gasteiger charge is -2.30. The molecule has 0 aromatic heterocycles. The normalized spacial score (nSPS) is 22.5. The van der Waals surface area contributed by atoms with E-state index in [0.717, 1.165) is 37.8 Å². The number of fused-ring (bicyclic) bond motifs is 1. The second-order valence-corrected chi connectivity index (χ2v) is 11.4. The third kappa shape index (κ3) is 8.03. The predicted octanol–water partition coefficient (Wildman–Crippen LogP) is 3.02. The molecule has 0 saturated carbocycles. The number of carboxylic acid groups (broad SMARTS) is 1. The Morgan fingerprint density at radius 2 is 1.78 bits per heavy atom. The smallest absolute Gasteiger partial charge is 0.308 e. The molecule has 1 N–H and O–H groups in total. The number of carbonyl (C=O) groups excluding carboxylic acids is 1. The average molecular weight is 578 g/mol. The predicted molar refractivity (Wildman–Crippen MR) is 153 cm³/mol. The molecule has 1 aromatic carbocycles. The lowest BCUT2D eigenvalue weighted by Crippen LogP contribution is -2.45. The first kappa shape index (κ1) is 31.3. The second-order valence-electron chi connectivity index (χ2n) is 11.4. The summed E-state index contributed by atoms with van der Waals surface area (Å²) in [6, 6.07) is 3.35. The van der Waals surface area contributed by atoms with Crippen LogP contribution in [0.25, 0.3) is 0 Å². The first-order chi connectivity index (χ1) is 19.8. The fourth-order valence-corrected chi connectivity index (χ4v) is 6.15. The van der Waals surface area contributed by atoms with Gasteiger partial charge >= 0.3 is 5.97 Å². The van der Waals surface area contributed by atoms with Gasteiger partial charge in [0.1, 0.15) is 0 Å². The fraction of sp³-hybridized carbons (Fsp3) is 0.733.